The molecule has 4 aromatic rings. The molecule has 0 aliphatic rings. The van der Waals surface area contributed by atoms with Crippen molar-refractivity contribution in [2.75, 3.05) is 5.32 Å². The van der Waals surface area contributed by atoms with E-state index in [0.29, 0.717) is 15.5 Å². The highest BCUT2D eigenvalue weighted by Gasteiger charge is 2.18. The van der Waals surface area contributed by atoms with Crippen LogP contribution in [0.5, 0.6) is 0 Å². The monoisotopic (exact) mass is 451 g/mol. The fourth-order valence-corrected chi connectivity index (χ4v) is 3.40. The van der Waals surface area contributed by atoms with Crippen LogP contribution in [0.1, 0.15) is 15.9 Å². The minimum atomic E-state index is -0.677. The number of nitrogens with zero attached hydrogens (tertiary/aromatic N) is 2. The van der Waals surface area contributed by atoms with Crippen molar-refractivity contribution in [3.63, 3.8) is 0 Å². The second-order valence-electron chi connectivity index (χ2n) is 6.43. The van der Waals surface area contributed by atoms with Crippen LogP contribution in [-0.4, -0.2) is 15.5 Å². The van der Waals surface area contributed by atoms with E-state index >= 15 is 0 Å². The van der Waals surface area contributed by atoms with Gasteiger partial charge in [0.25, 0.3) is 11.5 Å². The number of halogens is 2. The van der Waals surface area contributed by atoms with Crippen molar-refractivity contribution in [1.29, 1.82) is 0 Å². The maximum Gasteiger partial charge on any atom is 0.265 e. The van der Waals surface area contributed by atoms with Gasteiger partial charge in [-0.1, -0.05) is 46.3 Å². The van der Waals surface area contributed by atoms with Crippen molar-refractivity contribution in [3.05, 3.63) is 105 Å². The van der Waals surface area contributed by atoms with Crippen molar-refractivity contribution >= 4 is 38.6 Å². The Bertz CT molecular complexity index is 1270. The Balaban J connectivity index is 1.79. The molecule has 2 aromatic carbocycles. The Hall–Kier alpha value is -3.32. The van der Waals surface area contributed by atoms with E-state index in [-0.39, 0.29) is 17.8 Å². The molecule has 0 aliphatic carbocycles. The summed E-state index contributed by atoms with van der Waals surface area (Å²) in [5, 5.41) is 3.12. The summed E-state index contributed by atoms with van der Waals surface area (Å²) in [6.45, 7) is 0.265. The number of rotatable bonds is 4. The van der Waals surface area contributed by atoms with Crippen LogP contribution in [0.4, 0.5) is 10.1 Å². The minimum absolute atomic E-state index is 0.00140. The van der Waals surface area contributed by atoms with E-state index in [1.165, 1.54) is 22.8 Å². The topological polar surface area (TPSA) is 64.0 Å². The van der Waals surface area contributed by atoms with Gasteiger partial charge < -0.3 is 5.32 Å². The number of nitrogens with one attached hydrogen (secondary N) is 1. The van der Waals surface area contributed by atoms with Crippen LogP contribution in [0.25, 0.3) is 11.0 Å². The number of benzene rings is 2. The molecule has 29 heavy (non-hydrogen) atoms. The molecule has 2 heterocycles. The molecule has 0 radical (unpaired) electrons. The van der Waals surface area contributed by atoms with Gasteiger partial charge in [-0.2, -0.15) is 0 Å². The van der Waals surface area contributed by atoms with Crippen LogP contribution in [0.3, 0.4) is 0 Å². The van der Waals surface area contributed by atoms with Crippen LogP contribution in [0.15, 0.2) is 82.2 Å². The van der Waals surface area contributed by atoms with Gasteiger partial charge in [-0.15, -0.1) is 0 Å². The van der Waals surface area contributed by atoms with Gasteiger partial charge in [0.1, 0.15) is 17.0 Å². The predicted molar refractivity (Wildman–Crippen MR) is 114 cm³/mol. The number of carbonyl (C=O) groups excluding carboxylic acids is 1. The molecule has 1 N–H and O–H groups in total. The standard InChI is InChI=1S/C22H15BrFN3O2/c23-16-8-9-19(18(24)12-16)26-21(28)17-11-15-7-4-10-25-20(15)27(22(17)29)13-14-5-2-1-3-6-14/h1-12H,13H2,(H,26,28). The molecule has 2 aromatic heterocycles. The molecule has 0 aliphatic heterocycles. The number of aromatic nitrogens is 2. The first-order chi connectivity index (χ1) is 14.0. The zero-order valence-electron chi connectivity index (χ0n) is 15.1. The summed E-state index contributed by atoms with van der Waals surface area (Å²) < 4.78 is 16.1. The Kier molecular flexibility index (Phi) is 5.22. The average Bonchev–Trinajstić information content (AvgIpc) is 2.72. The summed E-state index contributed by atoms with van der Waals surface area (Å²) in [6.07, 6.45) is 1.60. The third-order valence-electron chi connectivity index (χ3n) is 4.46. The first-order valence-electron chi connectivity index (χ1n) is 8.82. The number of anilines is 1. The molecule has 0 saturated heterocycles. The minimum Gasteiger partial charge on any atom is -0.319 e. The molecule has 0 atom stereocenters. The van der Waals surface area contributed by atoms with Gasteiger partial charge in [-0.05, 0) is 42.0 Å². The Morgan fingerprint density at radius 3 is 2.62 bits per heavy atom. The largest absolute Gasteiger partial charge is 0.319 e. The van der Waals surface area contributed by atoms with Gasteiger partial charge >= 0.3 is 0 Å². The van der Waals surface area contributed by atoms with Crippen molar-refractivity contribution in [2.45, 2.75) is 6.54 Å². The molecule has 0 saturated carbocycles. The van der Waals surface area contributed by atoms with Gasteiger partial charge in [0.2, 0.25) is 0 Å². The second-order valence-corrected chi connectivity index (χ2v) is 7.35. The average molecular weight is 452 g/mol. The maximum atomic E-state index is 14.1. The number of pyridine rings is 2. The molecular weight excluding hydrogens is 437 g/mol. The van der Waals surface area contributed by atoms with Crippen LogP contribution < -0.4 is 10.9 Å². The maximum absolute atomic E-state index is 14.1. The molecule has 7 heteroatoms. The van der Waals surface area contributed by atoms with E-state index < -0.39 is 17.3 Å². The number of hydrogen-bond acceptors (Lipinski definition) is 3. The lowest BCUT2D eigenvalue weighted by atomic mass is 10.1. The fourth-order valence-electron chi connectivity index (χ4n) is 3.06. The lowest BCUT2D eigenvalue weighted by Gasteiger charge is -2.13. The van der Waals surface area contributed by atoms with Crippen LogP contribution in [-0.2, 0) is 6.54 Å². The summed E-state index contributed by atoms with van der Waals surface area (Å²) in [6, 6.07) is 18.7. The number of hydrogen-bond donors (Lipinski definition) is 1. The fraction of sp³-hybridized carbons (Fsp3) is 0.0455. The van der Waals surface area contributed by atoms with E-state index in [2.05, 4.69) is 26.2 Å². The van der Waals surface area contributed by atoms with Crippen molar-refractivity contribution < 1.29 is 9.18 Å². The van der Waals surface area contributed by atoms with E-state index in [9.17, 15) is 14.0 Å². The van der Waals surface area contributed by atoms with Crippen molar-refractivity contribution in [2.24, 2.45) is 0 Å². The van der Waals surface area contributed by atoms with Crippen LogP contribution in [0, 0.1) is 5.82 Å². The SMILES string of the molecule is O=C(Nc1ccc(Br)cc1F)c1cc2cccnc2n(Cc2ccccc2)c1=O. The molecule has 5 nitrogen and oxygen atoms in total. The third kappa shape index (κ3) is 3.95. The predicted octanol–water partition coefficient (Wildman–Crippen LogP) is 4.60. The van der Waals surface area contributed by atoms with Gasteiger partial charge in [0.05, 0.1) is 12.2 Å². The van der Waals surface area contributed by atoms with Gasteiger partial charge in [0, 0.05) is 16.1 Å². The Morgan fingerprint density at radius 2 is 1.86 bits per heavy atom. The lowest BCUT2D eigenvalue weighted by molar-refractivity contribution is 0.102. The molecule has 0 spiro atoms. The van der Waals surface area contributed by atoms with E-state index in [4.69, 9.17) is 0 Å². The quantitative estimate of drug-likeness (QED) is 0.493. The Morgan fingerprint density at radius 1 is 1.07 bits per heavy atom. The number of fused-ring (bicyclic) bond motifs is 1. The summed E-state index contributed by atoms with van der Waals surface area (Å²) in [5.74, 6) is -1.27. The third-order valence-corrected chi connectivity index (χ3v) is 4.95. The van der Waals surface area contributed by atoms with Crippen LogP contribution >= 0.6 is 15.9 Å². The first kappa shape index (κ1) is 19.0. The molecule has 4 rings (SSSR count). The normalized spacial score (nSPS) is 10.8. The van der Waals surface area contributed by atoms with E-state index in [0.717, 1.165) is 5.56 Å². The highest BCUT2D eigenvalue weighted by Crippen LogP contribution is 2.20. The molecule has 0 fully saturated rings. The highest BCUT2D eigenvalue weighted by atomic mass is 79.9. The summed E-state index contributed by atoms with van der Waals surface area (Å²) in [4.78, 5) is 30.2. The summed E-state index contributed by atoms with van der Waals surface area (Å²) >= 11 is 3.17. The van der Waals surface area contributed by atoms with Gasteiger partial charge in [-0.25, -0.2) is 9.37 Å². The Labute approximate surface area is 174 Å². The van der Waals surface area contributed by atoms with E-state index in [1.54, 1.807) is 24.4 Å². The zero-order chi connectivity index (χ0) is 20.4. The summed E-state index contributed by atoms with van der Waals surface area (Å²) in [5.41, 5.74) is 0.808. The van der Waals surface area contributed by atoms with E-state index in [1.807, 2.05) is 30.3 Å². The number of carbonyl (C=O) groups is 1. The zero-order valence-corrected chi connectivity index (χ0v) is 16.7. The van der Waals surface area contributed by atoms with Gasteiger partial charge in [-0.3, -0.25) is 14.2 Å². The molecule has 144 valence electrons. The van der Waals surface area contributed by atoms with Crippen molar-refractivity contribution in [1.82, 2.24) is 9.55 Å². The molecule has 0 unspecified atom stereocenters. The number of amides is 1. The summed E-state index contributed by atoms with van der Waals surface area (Å²) in [7, 11) is 0. The lowest BCUT2D eigenvalue weighted by Crippen LogP contribution is -2.30. The smallest absolute Gasteiger partial charge is 0.265 e. The molecule has 0 bridgehead atoms. The first-order valence-corrected chi connectivity index (χ1v) is 9.61. The second kappa shape index (κ2) is 7.97. The molecular formula is C22H15BrFN3O2. The van der Waals surface area contributed by atoms with Crippen LogP contribution in [0.2, 0.25) is 0 Å². The van der Waals surface area contributed by atoms with Crippen molar-refractivity contribution in [3.8, 4) is 0 Å². The van der Waals surface area contributed by atoms with Gasteiger partial charge in [0.15, 0.2) is 0 Å². The molecule has 1 amide bonds. The highest BCUT2D eigenvalue weighted by molar-refractivity contribution is 9.10.